The molecule has 3 aromatic carbocycles. The van der Waals surface area contributed by atoms with Crippen LogP contribution in [0.3, 0.4) is 0 Å². The van der Waals surface area contributed by atoms with Crippen molar-refractivity contribution in [2.45, 2.75) is 55.6 Å². The van der Waals surface area contributed by atoms with Crippen LogP contribution in [0.5, 0.6) is 0 Å². The van der Waals surface area contributed by atoms with Gasteiger partial charge in [-0.25, -0.2) is 13.1 Å². The molecule has 0 aromatic heterocycles. The van der Waals surface area contributed by atoms with E-state index in [0.717, 1.165) is 25.7 Å². The molecule has 7 nitrogen and oxygen atoms in total. The van der Waals surface area contributed by atoms with E-state index >= 15 is 0 Å². The van der Waals surface area contributed by atoms with Gasteiger partial charge in [0, 0.05) is 30.3 Å². The van der Waals surface area contributed by atoms with E-state index in [1.54, 1.807) is 0 Å². The molecule has 0 saturated heterocycles. The Morgan fingerprint density at radius 2 is 1.58 bits per heavy atom. The summed E-state index contributed by atoms with van der Waals surface area (Å²) in [5.41, 5.74) is 1.05. The van der Waals surface area contributed by atoms with Gasteiger partial charge < -0.3 is 5.32 Å². The van der Waals surface area contributed by atoms with Crippen molar-refractivity contribution in [3.05, 3.63) is 82.4 Å². The van der Waals surface area contributed by atoms with Crippen LogP contribution in [0.25, 0.3) is 10.8 Å². The van der Waals surface area contributed by atoms with Gasteiger partial charge in [-0.05, 0) is 48.2 Å². The zero-order chi connectivity index (χ0) is 22.7. The number of non-ortho nitro benzene ring substituents is 1. The number of halogens is 1. The van der Waals surface area contributed by atoms with Gasteiger partial charge in [-0.1, -0.05) is 55.3 Å². The van der Waals surface area contributed by atoms with Crippen molar-refractivity contribution < 1.29 is 13.3 Å². The van der Waals surface area contributed by atoms with Crippen molar-refractivity contribution in [1.29, 1.82) is 0 Å². The molecule has 0 bridgehead atoms. The predicted octanol–water partition coefficient (Wildman–Crippen LogP) is 5.11. The fourth-order valence-corrected chi connectivity index (χ4v) is 5.84. The van der Waals surface area contributed by atoms with Crippen molar-refractivity contribution in [2.24, 2.45) is 0 Å². The minimum absolute atomic E-state index is 0. The fourth-order valence-electron chi connectivity index (χ4n) is 4.52. The number of fused-ring (bicyclic) bond motifs is 1. The molecular weight excluding hydrogens is 462 g/mol. The van der Waals surface area contributed by atoms with E-state index in [9.17, 15) is 18.5 Å². The topological polar surface area (TPSA) is 101 Å². The van der Waals surface area contributed by atoms with E-state index in [2.05, 4.69) is 41.2 Å². The maximum atomic E-state index is 12.9. The van der Waals surface area contributed by atoms with E-state index < -0.39 is 14.9 Å². The lowest BCUT2D eigenvalue weighted by Gasteiger charge is -2.35. The lowest BCUT2D eigenvalue weighted by molar-refractivity contribution is -0.384. The van der Waals surface area contributed by atoms with Gasteiger partial charge in [0.25, 0.3) is 5.69 Å². The number of hydrogen-bond acceptors (Lipinski definition) is 5. The molecule has 1 saturated carbocycles. The molecule has 1 aliphatic carbocycles. The Kier molecular flexibility index (Phi) is 8.07. The van der Waals surface area contributed by atoms with Crippen molar-refractivity contribution in [3.63, 3.8) is 0 Å². The molecule has 176 valence electrons. The number of benzene rings is 3. The molecule has 33 heavy (non-hydrogen) atoms. The number of nitrogens with one attached hydrogen (secondary N) is 2. The van der Waals surface area contributed by atoms with Crippen LogP contribution in [0.1, 0.15) is 44.2 Å². The van der Waals surface area contributed by atoms with Crippen LogP contribution in [0.15, 0.2) is 71.6 Å². The Hall–Kier alpha value is -2.52. The van der Waals surface area contributed by atoms with Crippen LogP contribution in [-0.4, -0.2) is 25.4 Å². The predicted molar refractivity (Wildman–Crippen MR) is 132 cm³/mol. The summed E-state index contributed by atoms with van der Waals surface area (Å²) < 4.78 is 28.7. The van der Waals surface area contributed by atoms with Crippen LogP contribution in [0, 0.1) is 10.1 Å². The third kappa shape index (κ3) is 5.70. The van der Waals surface area contributed by atoms with Crippen LogP contribution in [0.2, 0.25) is 0 Å². The molecule has 0 heterocycles. The Balaban J connectivity index is 0.00000306. The Bertz CT molecular complexity index is 1210. The SMILES string of the molecule is CC(N[C@@H]1CCCC[C@H]1NS(=O)(=O)c1ccc([N+](=O)[O-])cc1)c1cccc2ccccc12.Cl. The summed E-state index contributed by atoms with van der Waals surface area (Å²) in [5.74, 6) is 0. The molecule has 0 amide bonds. The van der Waals surface area contributed by atoms with Crippen LogP contribution >= 0.6 is 12.4 Å². The molecule has 9 heteroatoms. The number of hydrogen-bond donors (Lipinski definition) is 2. The van der Waals surface area contributed by atoms with Gasteiger partial charge >= 0.3 is 0 Å². The number of nitro groups is 1. The average Bonchev–Trinajstić information content (AvgIpc) is 2.80. The number of nitrogens with zero attached hydrogens (tertiary/aromatic N) is 1. The number of rotatable bonds is 7. The highest BCUT2D eigenvalue weighted by Crippen LogP contribution is 2.28. The Morgan fingerprint density at radius 1 is 0.939 bits per heavy atom. The quantitative estimate of drug-likeness (QED) is 0.354. The largest absolute Gasteiger partial charge is 0.306 e. The lowest BCUT2D eigenvalue weighted by Crippen LogP contribution is -2.52. The molecule has 1 fully saturated rings. The standard InChI is InChI=1S/C24H27N3O4S.ClH/c1-17(21-10-6-8-18-7-2-3-9-22(18)21)25-23-11-4-5-12-24(23)26-32(30,31)20-15-13-19(14-16-20)27(28)29;/h2-3,6-10,13-17,23-26H,4-5,11-12H2,1H3;1H/t17?,23-,24-;/m1./s1. The Morgan fingerprint density at radius 3 is 2.27 bits per heavy atom. The first-order valence-corrected chi connectivity index (χ1v) is 12.3. The highest BCUT2D eigenvalue weighted by molar-refractivity contribution is 7.89. The second kappa shape index (κ2) is 10.6. The molecule has 4 rings (SSSR count). The minimum Gasteiger partial charge on any atom is -0.306 e. The van der Waals surface area contributed by atoms with Crippen molar-refractivity contribution in [1.82, 2.24) is 10.0 Å². The first-order valence-electron chi connectivity index (χ1n) is 10.9. The summed E-state index contributed by atoms with van der Waals surface area (Å²) in [6.07, 6.45) is 3.61. The van der Waals surface area contributed by atoms with Gasteiger partial charge in [-0.3, -0.25) is 10.1 Å². The maximum absolute atomic E-state index is 12.9. The summed E-state index contributed by atoms with van der Waals surface area (Å²) >= 11 is 0. The molecule has 0 spiro atoms. The lowest BCUT2D eigenvalue weighted by atomic mass is 9.89. The molecule has 0 radical (unpaired) electrons. The monoisotopic (exact) mass is 489 g/mol. The van der Waals surface area contributed by atoms with Crippen LogP contribution in [-0.2, 0) is 10.0 Å². The second-order valence-electron chi connectivity index (χ2n) is 8.33. The zero-order valence-electron chi connectivity index (χ0n) is 18.3. The first kappa shape index (κ1) is 25.1. The van der Waals surface area contributed by atoms with Crippen molar-refractivity contribution >= 4 is 38.9 Å². The van der Waals surface area contributed by atoms with E-state index in [0.29, 0.717) is 0 Å². The zero-order valence-corrected chi connectivity index (χ0v) is 19.9. The normalized spacial score (nSPS) is 19.5. The second-order valence-corrected chi connectivity index (χ2v) is 10.0. The fraction of sp³-hybridized carbons (Fsp3) is 0.333. The van der Waals surface area contributed by atoms with E-state index in [1.807, 2.05) is 18.2 Å². The third-order valence-corrected chi connectivity index (χ3v) is 7.69. The third-order valence-electron chi connectivity index (χ3n) is 6.18. The summed E-state index contributed by atoms with van der Waals surface area (Å²) in [4.78, 5) is 10.3. The molecular formula is C24H28ClN3O4S. The van der Waals surface area contributed by atoms with Gasteiger partial charge in [0.1, 0.15) is 0 Å². The molecule has 3 atom stereocenters. The van der Waals surface area contributed by atoms with E-state index in [4.69, 9.17) is 0 Å². The van der Waals surface area contributed by atoms with Crippen molar-refractivity contribution in [2.75, 3.05) is 0 Å². The van der Waals surface area contributed by atoms with Gasteiger partial charge in [0.2, 0.25) is 10.0 Å². The summed E-state index contributed by atoms with van der Waals surface area (Å²) in [7, 11) is -3.78. The highest BCUT2D eigenvalue weighted by Gasteiger charge is 2.31. The van der Waals surface area contributed by atoms with E-state index in [1.165, 1.54) is 40.6 Å². The highest BCUT2D eigenvalue weighted by atomic mass is 35.5. The smallest absolute Gasteiger partial charge is 0.269 e. The van der Waals surface area contributed by atoms with Gasteiger partial charge in [0.05, 0.1) is 9.82 Å². The van der Waals surface area contributed by atoms with Crippen LogP contribution < -0.4 is 10.0 Å². The molecule has 3 aromatic rings. The number of sulfonamides is 1. The van der Waals surface area contributed by atoms with Crippen LogP contribution in [0.4, 0.5) is 5.69 Å². The summed E-state index contributed by atoms with van der Waals surface area (Å²) in [6.45, 7) is 2.11. The van der Waals surface area contributed by atoms with Gasteiger partial charge in [0.15, 0.2) is 0 Å². The molecule has 1 aliphatic rings. The Labute approximate surface area is 200 Å². The minimum atomic E-state index is -3.78. The average molecular weight is 490 g/mol. The number of nitro benzene ring substituents is 1. The first-order chi connectivity index (χ1) is 15.3. The maximum Gasteiger partial charge on any atom is 0.269 e. The van der Waals surface area contributed by atoms with Gasteiger partial charge in [-0.15, -0.1) is 12.4 Å². The molecule has 2 N–H and O–H groups in total. The summed E-state index contributed by atoms with van der Waals surface area (Å²) in [6, 6.07) is 19.3. The summed E-state index contributed by atoms with van der Waals surface area (Å²) in [5, 5.41) is 16.9. The van der Waals surface area contributed by atoms with Gasteiger partial charge in [-0.2, -0.15) is 0 Å². The molecule has 1 unspecified atom stereocenters. The van der Waals surface area contributed by atoms with Crippen molar-refractivity contribution in [3.8, 4) is 0 Å². The van der Waals surface area contributed by atoms with E-state index in [-0.39, 0.29) is 41.1 Å². The molecule has 0 aliphatic heterocycles.